The molecule has 0 saturated carbocycles. The molecule has 0 spiro atoms. The lowest BCUT2D eigenvalue weighted by Crippen LogP contribution is -2.16. The van der Waals surface area contributed by atoms with E-state index in [1.807, 2.05) is 6.20 Å². The van der Waals surface area contributed by atoms with Gasteiger partial charge in [-0.3, -0.25) is 0 Å². The van der Waals surface area contributed by atoms with E-state index in [4.69, 9.17) is 0 Å². The molecule has 0 aromatic carbocycles. The zero-order valence-electron chi connectivity index (χ0n) is 8.16. The van der Waals surface area contributed by atoms with Crippen molar-refractivity contribution in [3.63, 3.8) is 0 Å². The maximum Gasteiger partial charge on any atom is 0.107 e. The highest BCUT2D eigenvalue weighted by Crippen LogP contribution is 2.21. The minimum absolute atomic E-state index is 0.916. The van der Waals surface area contributed by atoms with E-state index in [0.29, 0.717) is 0 Å². The zero-order chi connectivity index (χ0) is 10.5. The van der Waals surface area contributed by atoms with Crippen molar-refractivity contribution in [3.8, 4) is 0 Å². The molecular weight excluding hydrogens is 274 g/mol. The highest BCUT2D eigenvalue weighted by molar-refractivity contribution is 9.10. The quantitative estimate of drug-likeness (QED) is 0.829. The molecule has 0 saturated heterocycles. The first-order valence-corrected chi connectivity index (χ1v) is 6.44. The monoisotopic (exact) mass is 285 g/mol. The molecule has 2 heterocycles. The summed E-state index contributed by atoms with van der Waals surface area (Å²) in [6.07, 6.45) is 4.58. The molecule has 0 aliphatic carbocycles. The van der Waals surface area contributed by atoms with E-state index < -0.39 is 0 Å². The van der Waals surface area contributed by atoms with Gasteiger partial charge in [0.25, 0.3) is 0 Å². The molecule has 0 fully saturated rings. The lowest BCUT2D eigenvalue weighted by Gasteiger charge is -2.01. The van der Waals surface area contributed by atoms with E-state index in [1.165, 1.54) is 9.35 Å². The van der Waals surface area contributed by atoms with Crippen molar-refractivity contribution in [1.29, 1.82) is 0 Å². The minimum Gasteiger partial charge on any atom is -0.349 e. The maximum absolute atomic E-state index is 4.17. The predicted molar refractivity (Wildman–Crippen MR) is 66.0 cm³/mol. The van der Waals surface area contributed by atoms with Crippen molar-refractivity contribution in [2.75, 3.05) is 6.54 Å². The first kappa shape index (κ1) is 10.9. The van der Waals surface area contributed by atoms with Gasteiger partial charge in [0.15, 0.2) is 0 Å². The predicted octanol–water partition coefficient (Wildman–Crippen LogP) is 2.57. The Bertz CT molecular complexity index is 396. The molecule has 2 aromatic rings. The molecule has 80 valence electrons. The molecule has 2 N–H and O–H groups in total. The molecule has 3 nitrogen and oxygen atoms in total. The number of nitrogens with zero attached hydrogens (tertiary/aromatic N) is 1. The number of hydrogen-bond donors (Lipinski definition) is 2. The second-order valence-electron chi connectivity index (χ2n) is 3.15. The van der Waals surface area contributed by atoms with Crippen LogP contribution in [0.1, 0.15) is 10.7 Å². The van der Waals surface area contributed by atoms with Crippen LogP contribution in [0.5, 0.6) is 0 Å². The van der Waals surface area contributed by atoms with Gasteiger partial charge in [-0.05, 0) is 27.4 Å². The summed E-state index contributed by atoms with van der Waals surface area (Å²) in [4.78, 5) is 8.59. The largest absolute Gasteiger partial charge is 0.349 e. The number of rotatable bonds is 5. The summed E-state index contributed by atoms with van der Waals surface area (Å²) in [7, 11) is 0. The lowest BCUT2D eigenvalue weighted by atomic mass is 10.4. The molecule has 0 amide bonds. The van der Waals surface area contributed by atoms with Crippen LogP contribution in [0.3, 0.4) is 0 Å². The van der Waals surface area contributed by atoms with Gasteiger partial charge < -0.3 is 10.3 Å². The van der Waals surface area contributed by atoms with Crippen LogP contribution >= 0.6 is 27.3 Å². The Hall–Kier alpha value is -0.650. The van der Waals surface area contributed by atoms with Crippen LogP contribution in [0.25, 0.3) is 0 Å². The van der Waals surface area contributed by atoms with Crippen molar-refractivity contribution in [3.05, 3.63) is 39.0 Å². The van der Waals surface area contributed by atoms with Crippen molar-refractivity contribution in [1.82, 2.24) is 15.3 Å². The summed E-state index contributed by atoms with van der Waals surface area (Å²) in [5, 5.41) is 5.48. The topological polar surface area (TPSA) is 40.7 Å². The standard InChI is InChI=1S/C10H12BrN3S/c11-8-2-6-15-9(8)7-12-3-1-10-13-4-5-14-10/h2,4-6,12H,1,3,7H2,(H,13,14). The highest BCUT2D eigenvalue weighted by Gasteiger charge is 2.00. The van der Waals surface area contributed by atoms with Gasteiger partial charge in [0, 0.05) is 41.3 Å². The van der Waals surface area contributed by atoms with E-state index in [2.05, 4.69) is 42.7 Å². The average Bonchev–Trinajstić information content (AvgIpc) is 2.85. The zero-order valence-corrected chi connectivity index (χ0v) is 10.6. The maximum atomic E-state index is 4.17. The summed E-state index contributed by atoms with van der Waals surface area (Å²) in [6.45, 7) is 1.86. The summed E-state index contributed by atoms with van der Waals surface area (Å²) in [5.74, 6) is 1.03. The molecule has 0 aliphatic heterocycles. The van der Waals surface area contributed by atoms with Gasteiger partial charge in [-0.25, -0.2) is 4.98 Å². The number of H-pyrrole nitrogens is 1. The van der Waals surface area contributed by atoms with Crippen LogP contribution in [0.2, 0.25) is 0 Å². The van der Waals surface area contributed by atoms with Crippen LogP contribution < -0.4 is 5.32 Å². The molecular formula is C10H12BrN3S. The van der Waals surface area contributed by atoms with Gasteiger partial charge in [0.05, 0.1) is 0 Å². The highest BCUT2D eigenvalue weighted by atomic mass is 79.9. The van der Waals surface area contributed by atoms with E-state index in [-0.39, 0.29) is 0 Å². The second-order valence-corrected chi connectivity index (χ2v) is 5.01. The Balaban J connectivity index is 1.70. The molecule has 15 heavy (non-hydrogen) atoms. The Kier molecular flexibility index (Phi) is 3.94. The molecule has 0 atom stereocenters. The van der Waals surface area contributed by atoms with Gasteiger partial charge in [-0.2, -0.15) is 0 Å². The normalized spacial score (nSPS) is 10.7. The van der Waals surface area contributed by atoms with Crippen molar-refractivity contribution >= 4 is 27.3 Å². The fraction of sp³-hybridized carbons (Fsp3) is 0.300. The number of halogens is 1. The molecule has 0 bridgehead atoms. The number of nitrogens with one attached hydrogen (secondary N) is 2. The van der Waals surface area contributed by atoms with Gasteiger partial charge in [-0.1, -0.05) is 0 Å². The van der Waals surface area contributed by atoms with Crippen molar-refractivity contribution in [2.45, 2.75) is 13.0 Å². The van der Waals surface area contributed by atoms with E-state index in [0.717, 1.165) is 25.3 Å². The van der Waals surface area contributed by atoms with Crippen molar-refractivity contribution in [2.24, 2.45) is 0 Å². The smallest absolute Gasteiger partial charge is 0.107 e. The van der Waals surface area contributed by atoms with Gasteiger partial charge in [0.2, 0.25) is 0 Å². The third-order valence-corrected chi connectivity index (χ3v) is 4.00. The number of aromatic amines is 1. The Morgan fingerprint density at radius 2 is 2.47 bits per heavy atom. The number of aromatic nitrogens is 2. The van der Waals surface area contributed by atoms with Gasteiger partial charge in [0.1, 0.15) is 5.82 Å². The van der Waals surface area contributed by atoms with Crippen LogP contribution in [0.15, 0.2) is 28.3 Å². The molecule has 0 radical (unpaired) electrons. The average molecular weight is 286 g/mol. The lowest BCUT2D eigenvalue weighted by molar-refractivity contribution is 0.679. The fourth-order valence-corrected chi connectivity index (χ4v) is 2.76. The molecule has 0 aliphatic rings. The molecule has 2 rings (SSSR count). The van der Waals surface area contributed by atoms with E-state index in [9.17, 15) is 0 Å². The Morgan fingerprint density at radius 1 is 1.53 bits per heavy atom. The van der Waals surface area contributed by atoms with E-state index in [1.54, 1.807) is 17.5 Å². The van der Waals surface area contributed by atoms with Gasteiger partial charge >= 0.3 is 0 Å². The second kappa shape index (κ2) is 5.44. The van der Waals surface area contributed by atoms with Crippen molar-refractivity contribution < 1.29 is 0 Å². The number of imidazole rings is 1. The molecule has 5 heteroatoms. The SMILES string of the molecule is Brc1ccsc1CNCCc1ncc[nH]1. The van der Waals surface area contributed by atoms with Crippen LogP contribution in [-0.2, 0) is 13.0 Å². The minimum atomic E-state index is 0.916. The number of thiophene rings is 1. The van der Waals surface area contributed by atoms with Crippen LogP contribution in [-0.4, -0.2) is 16.5 Å². The fourth-order valence-electron chi connectivity index (χ4n) is 1.29. The summed E-state index contributed by atoms with van der Waals surface area (Å²) < 4.78 is 1.19. The van der Waals surface area contributed by atoms with Gasteiger partial charge in [-0.15, -0.1) is 11.3 Å². The Morgan fingerprint density at radius 3 is 3.13 bits per heavy atom. The number of hydrogen-bond acceptors (Lipinski definition) is 3. The van der Waals surface area contributed by atoms with E-state index >= 15 is 0 Å². The first-order valence-electron chi connectivity index (χ1n) is 4.77. The summed E-state index contributed by atoms with van der Waals surface area (Å²) in [6, 6.07) is 2.08. The summed E-state index contributed by atoms with van der Waals surface area (Å²) in [5.41, 5.74) is 0. The first-order chi connectivity index (χ1) is 7.36. The Labute approximate surface area is 101 Å². The molecule has 2 aromatic heterocycles. The van der Waals surface area contributed by atoms with Crippen LogP contribution in [0.4, 0.5) is 0 Å². The molecule has 0 unspecified atom stereocenters. The third kappa shape index (κ3) is 3.15. The van der Waals surface area contributed by atoms with Crippen LogP contribution in [0, 0.1) is 0 Å². The summed E-state index contributed by atoms with van der Waals surface area (Å²) >= 11 is 5.27. The third-order valence-electron chi connectivity index (χ3n) is 2.07.